The van der Waals surface area contributed by atoms with Crippen LogP contribution in [-0.4, -0.2) is 11.8 Å². The molecule has 0 spiro atoms. The summed E-state index contributed by atoms with van der Waals surface area (Å²) >= 11 is 9.10. The third kappa shape index (κ3) is 3.37. The summed E-state index contributed by atoms with van der Waals surface area (Å²) in [6.45, 7) is 0. The second-order valence-electron chi connectivity index (χ2n) is 4.02. The van der Waals surface area contributed by atoms with Gasteiger partial charge in [-0.2, -0.15) is 0 Å². The van der Waals surface area contributed by atoms with Crippen molar-refractivity contribution in [1.82, 2.24) is 0 Å². The molecule has 2 amide bonds. The van der Waals surface area contributed by atoms with Crippen LogP contribution in [0.3, 0.4) is 0 Å². The van der Waals surface area contributed by atoms with Crippen molar-refractivity contribution in [2.24, 2.45) is 5.73 Å². The molecule has 0 bridgehead atoms. The molecule has 0 aliphatic carbocycles. The van der Waals surface area contributed by atoms with Gasteiger partial charge < -0.3 is 11.1 Å². The fourth-order valence-electron chi connectivity index (χ4n) is 1.62. The average molecular weight is 354 g/mol. The van der Waals surface area contributed by atoms with E-state index in [1.807, 2.05) is 0 Å². The van der Waals surface area contributed by atoms with Gasteiger partial charge in [-0.25, -0.2) is 0 Å². The molecule has 2 aromatic carbocycles. The predicted octanol–water partition coefficient (Wildman–Crippen LogP) is 3.45. The second kappa shape index (κ2) is 6.07. The summed E-state index contributed by atoms with van der Waals surface area (Å²) in [5, 5.41) is 3.23. The minimum Gasteiger partial charge on any atom is -0.366 e. The monoisotopic (exact) mass is 352 g/mol. The Balaban J connectivity index is 2.23. The van der Waals surface area contributed by atoms with Gasteiger partial charge in [-0.3, -0.25) is 9.59 Å². The van der Waals surface area contributed by atoms with Crippen molar-refractivity contribution in [2.75, 3.05) is 5.32 Å². The van der Waals surface area contributed by atoms with Crippen LogP contribution < -0.4 is 11.1 Å². The maximum Gasteiger partial charge on any atom is 0.256 e. The lowest BCUT2D eigenvalue weighted by molar-refractivity contribution is 0.0996. The summed E-state index contributed by atoms with van der Waals surface area (Å²) in [5.74, 6) is -0.857. The van der Waals surface area contributed by atoms with Crippen LogP contribution in [0.15, 0.2) is 46.9 Å². The molecule has 2 aromatic rings. The zero-order valence-corrected chi connectivity index (χ0v) is 12.5. The van der Waals surface area contributed by atoms with E-state index in [1.54, 1.807) is 36.4 Å². The Morgan fingerprint density at radius 1 is 1.15 bits per heavy atom. The summed E-state index contributed by atoms with van der Waals surface area (Å²) in [6, 6.07) is 11.3. The van der Waals surface area contributed by atoms with Crippen LogP contribution in [0.25, 0.3) is 0 Å². The Morgan fingerprint density at radius 3 is 2.55 bits per heavy atom. The van der Waals surface area contributed by atoms with E-state index in [0.717, 1.165) is 0 Å². The number of halogens is 2. The number of rotatable bonds is 3. The highest BCUT2D eigenvalue weighted by Crippen LogP contribution is 2.22. The van der Waals surface area contributed by atoms with Crippen LogP contribution in [0.5, 0.6) is 0 Å². The van der Waals surface area contributed by atoms with Gasteiger partial charge >= 0.3 is 0 Å². The summed E-state index contributed by atoms with van der Waals surface area (Å²) < 4.78 is 0.591. The third-order valence-corrected chi connectivity index (χ3v) is 3.47. The molecule has 6 heteroatoms. The van der Waals surface area contributed by atoms with Gasteiger partial charge in [0.1, 0.15) is 0 Å². The van der Waals surface area contributed by atoms with E-state index in [-0.39, 0.29) is 5.91 Å². The van der Waals surface area contributed by atoms with Crippen LogP contribution >= 0.6 is 27.5 Å². The van der Waals surface area contributed by atoms with E-state index in [2.05, 4.69) is 21.2 Å². The standard InChI is InChI=1S/C14H10BrClN2O2/c15-12-7-9(16)4-5-11(12)14(20)18-10-3-1-2-8(6-10)13(17)19/h1-7H,(H2,17,19)(H,18,20). The van der Waals surface area contributed by atoms with Crippen molar-refractivity contribution in [3.05, 3.63) is 63.1 Å². The zero-order valence-electron chi connectivity index (χ0n) is 10.2. The molecule has 0 unspecified atom stereocenters. The molecule has 0 saturated carbocycles. The summed E-state index contributed by atoms with van der Waals surface area (Å²) in [6.07, 6.45) is 0. The Hall–Kier alpha value is -1.85. The highest BCUT2D eigenvalue weighted by Gasteiger charge is 2.11. The number of carbonyl (C=O) groups is 2. The first-order valence-electron chi connectivity index (χ1n) is 5.63. The number of nitrogens with two attached hydrogens (primary N) is 1. The van der Waals surface area contributed by atoms with Crippen LogP contribution in [0.4, 0.5) is 5.69 Å². The van der Waals surface area contributed by atoms with Gasteiger partial charge in [-0.15, -0.1) is 0 Å². The lowest BCUT2D eigenvalue weighted by atomic mass is 10.1. The minimum absolute atomic E-state index is 0.310. The van der Waals surface area contributed by atoms with E-state index < -0.39 is 5.91 Å². The first-order valence-corrected chi connectivity index (χ1v) is 6.81. The Kier molecular flexibility index (Phi) is 4.42. The normalized spacial score (nSPS) is 10.1. The van der Waals surface area contributed by atoms with Crippen LogP contribution in [0.2, 0.25) is 5.02 Å². The molecule has 102 valence electrons. The van der Waals surface area contributed by atoms with Gasteiger partial charge in [0, 0.05) is 20.7 Å². The highest BCUT2D eigenvalue weighted by molar-refractivity contribution is 9.10. The number of hydrogen-bond donors (Lipinski definition) is 2. The van der Waals surface area contributed by atoms with Crippen molar-refractivity contribution in [3.63, 3.8) is 0 Å². The Bertz CT molecular complexity index is 689. The van der Waals surface area contributed by atoms with Gasteiger partial charge in [-0.1, -0.05) is 17.7 Å². The van der Waals surface area contributed by atoms with Gasteiger partial charge in [0.2, 0.25) is 5.91 Å². The SMILES string of the molecule is NC(=O)c1cccc(NC(=O)c2ccc(Cl)cc2Br)c1. The zero-order chi connectivity index (χ0) is 14.7. The van der Waals surface area contributed by atoms with Gasteiger partial charge in [0.15, 0.2) is 0 Å². The van der Waals surface area contributed by atoms with Crippen molar-refractivity contribution in [3.8, 4) is 0 Å². The molecule has 2 rings (SSSR count). The van der Waals surface area contributed by atoms with Crippen molar-refractivity contribution in [2.45, 2.75) is 0 Å². The van der Waals surface area contributed by atoms with Crippen molar-refractivity contribution in [1.29, 1.82) is 0 Å². The summed E-state index contributed by atoms with van der Waals surface area (Å²) in [5.41, 5.74) is 6.46. The lowest BCUT2D eigenvalue weighted by Crippen LogP contribution is -2.14. The third-order valence-electron chi connectivity index (χ3n) is 2.58. The summed E-state index contributed by atoms with van der Waals surface area (Å²) in [7, 11) is 0. The van der Waals surface area contributed by atoms with E-state index in [4.69, 9.17) is 17.3 Å². The molecule has 4 nitrogen and oxygen atoms in total. The van der Waals surface area contributed by atoms with E-state index >= 15 is 0 Å². The van der Waals surface area contributed by atoms with Gasteiger partial charge in [0.05, 0.1) is 5.56 Å². The highest BCUT2D eigenvalue weighted by atomic mass is 79.9. The fourth-order valence-corrected chi connectivity index (χ4v) is 2.49. The summed E-state index contributed by atoms with van der Waals surface area (Å²) in [4.78, 5) is 23.2. The molecule has 0 aromatic heterocycles. The van der Waals surface area contributed by atoms with Crippen LogP contribution in [-0.2, 0) is 0 Å². The van der Waals surface area contributed by atoms with Crippen LogP contribution in [0.1, 0.15) is 20.7 Å². The van der Waals surface area contributed by atoms with E-state index in [9.17, 15) is 9.59 Å². The molecule has 0 aliphatic heterocycles. The fraction of sp³-hybridized carbons (Fsp3) is 0. The first kappa shape index (κ1) is 14.6. The smallest absolute Gasteiger partial charge is 0.256 e. The maximum atomic E-state index is 12.1. The maximum absolute atomic E-state index is 12.1. The number of nitrogens with one attached hydrogen (secondary N) is 1. The number of benzene rings is 2. The van der Waals surface area contributed by atoms with Crippen molar-refractivity contribution >= 4 is 45.0 Å². The number of anilines is 1. The molecule has 0 heterocycles. The predicted molar refractivity (Wildman–Crippen MR) is 82.1 cm³/mol. The van der Waals surface area contributed by atoms with Gasteiger partial charge in [-0.05, 0) is 52.3 Å². The molecule has 0 radical (unpaired) electrons. The minimum atomic E-state index is -0.547. The quantitative estimate of drug-likeness (QED) is 0.887. The number of primary amides is 1. The lowest BCUT2D eigenvalue weighted by Gasteiger charge is -2.08. The number of amides is 2. The molecule has 0 atom stereocenters. The molecule has 0 aliphatic rings. The topological polar surface area (TPSA) is 72.2 Å². The second-order valence-corrected chi connectivity index (χ2v) is 5.31. The molecule has 0 fully saturated rings. The number of carbonyl (C=O) groups excluding carboxylic acids is 2. The Labute approximate surface area is 129 Å². The molecular formula is C14H10BrClN2O2. The van der Waals surface area contributed by atoms with Crippen molar-refractivity contribution < 1.29 is 9.59 Å². The first-order chi connectivity index (χ1) is 9.47. The average Bonchev–Trinajstić information content (AvgIpc) is 2.38. The molecule has 0 saturated heterocycles. The van der Waals surface area contributed by atoms with Gasteiger partial charge in [0.25, 0.3) is 5.91 Å². The van der Waals surface area contributed by atoms with E-state index in [0.29, 0.717) is 26.3 Å². The molecule has 3 N–H and O–H groups in total. The molecular weight excluding hydrogens is 344 g/mol. The van der Waals surface area contributed by atoms with E-state index in [1.165, 1.54) is 6.07 Å². The number of hydrogen-bond acceptors (Lipinski definition) is 2. The largest absolute Gasteiger partial charge is 0.366 e. The van der Waals surface area contributed by atoms with Crippen LogP contribution in [0, 0.1) is 0 Å². The Morgan fingerprint density at radius 2 is 1.90 bits per heavy atom. The molecule has 20 heavy (non-hydrogen) atoms.